The van der Waals surface area contributed by atoms with Crippen molar-refractivity contribution in [3.05, 3.63) is 83.7 Å². The first kappa shape index (κ1) is 21.9. The molecule has 10 heteroatoms. The summed E-state index contributed by atoms with van der Waals surface area (Å²) >= 11 is 7.60. The van der Waals surface area contributed by atoms with Crippen LogP contribution < -0.4 is 10.6 Å². The summed E-state index contributed by atoms with van der Waals surface area (Å²) in [5.41, 5.74) is 3.37. The number of aliphatic hydroxyl groups is 1. The van der Waals surface area contributed by atoms with Crippen LogP contribution in [0.5, 0.6) is 0 Å². The molecule has 3 aromatic heterocycles. The van der Waals surface area contributed by atoms with Crippen molar-refractivity contribution in [2.75, 3.05) is 5.32 Å². The lowest BCUT2D eigenvalue weighted by atomic mass is 10.2. The number of hydrogen-bond donors (Lipinski definition) is 3. The van der Waals surface area contributed by atoms with E-state index in [4.69, 9.17) is 11.6 Å². The summed E-state index contributed by atoms with van der Waals surface area (Å²) < 4.78 is 2.77. The van der Waals surface area contributed by atoms with E-state index in [2.05, 4.69) is 32.4 Å². The fourth-order valence-corrected chi connectivity index (χ4v) is 4.59. The monoisotopic (exact) mass is 490 g/mol. The van der Waals surface area contributed by atoms with Crippen LogP contribution >= 0.6 is 22.9 Å². The third-order valence-electron chi connectivity index (χ3n) is 5.27. The fourth-order valence-electron chi connectivity index (χ4n) is 3.43. The number of anilines is 2. The highest BCUT2D eigenvalue weighted by Crippen LogP contribution is 2.31. The number of amides is 1. The second-order valence-corrected chi connectivity index (χ2v) is 9.13. The summed E-state index contributed by atoms with van der Waals surface area (Å²) in [4.78, 5) is 17.2. The standard InChI is InChI=1S/C24H19ClN6O2S/c1-13(14(2)32)26-23(33)18-4-3-11-31-21(29-30-22(18)31)15-5-8-17(9-6-15)27-24-28-19-10-7-16(25)12-20(19)34-24/h3-13,32H,2H2,1H3,(H,26,33)(H,27,28)/t13-/m0/s1. The van der Waals surface area contributed by atoms with Gasteiger partial charge in [-0.05, 0) is 61.5 Å². The third kappa shape index (κ3) is 4.18. The van der Waals surface area contributed by atoms with Crippen molar-refractivity contribution < 1.29 is 9.90 Å². The topological polar surface area (TPSA) is 104 Å². The summed E-state index contributed by atoms with van der Waals surface area (Å²) in [7, 11) is 0. The van der Waals surface area contributed by atoms with Gasteiger partial charge in [0.25, 0.3) is 5.91 Å². The first-order chi connectivity index (χ1) is 16.4. The zero-order valence-corrected chi connectivity index (χ0v) is 19.6. The van der Waals surface area contributed by atoms with Crippen LogP contribution in [0.25, 0.3) is 27.3 Å². The number of carbonyl (C=O) groups excluding carboxylic acids is 1. The second-order valence-electron chi connectivity index (χ2n) is 7.66. The smallest absolute Gasteiger partial charge is 0.255 e. The number of nitrogens with zero attached hydrogens (tertiary/aromatic N) is 4. The van der Waals surface area contributed by atoms with E-state index < -0.39 is 6.04 Å². The fraction of sp³-hybridized carbons (Fsp3) is 0.0833. The zero-order valence-electron chi connectivity index (χ0n) is 18.0. The van der Waals surface area contributed by atoms with Crippen molar-refractivity contribution in [2.24, 2.45) is 0 Å². The van der Waals surface area contributed by atoms with Gasteiger partial charge in [0.2, 0.25) is 0 Å². The van der Waals surface area contributed by atoms with E-state index in [9.17, 15) is 9.90 Å². The molecule has 0 fully saturated rings. The Bertz CT molecular complexity index is 1540. The molecule has 0 unspecified atom stereocenters. The molecule has 0 aliphatic carbocycles. The number of carbonyl (C=O) groups is 1. The summed E-state index contributed by atoms with van der Waals surface area (Å²) in [6.07, 6.45) is 1.80. The number of halogens is 1. The quantitative estimate of drug-likeness (QED) is 0.268. The molecule has 0 bridgehead atoms. The Hall–Kier alpha value is -3.95. The van der Waals surface area contributed by atoms with Crippen LogP contribution in [0.4, 0.5) is 10.8 Å². The molecule has 0 saturated heterocycles. The van der Waals surface area contributed by atoms with Crippen molar-refractivity contribution in [2.45, 2.75) is 13.0 Å². The maximum atomic E-state index is 12.7. The van der Waals surface area contributed by atoms with E-state index in [0.717, 1.165) is 26.6 Å². The molecule has 8 nitrogen and oxygen atoms in total. The molecular formula is C24H19ClN6O2S. The highest BCUT2D eigenvalue weighted by atomic mass is 35.5. The van der Waals surface area contributed by atoms with Gasteiger partial charge >= 0.3 is 0 Å². The number of pyridine rings is 1. The van der Waals surface area contributed by atoms with Crippen molar-refractivity contribution in [1.29, 1.82) is 0 Å². The second kappa shape index (κ2) is 8.77. The molecule has 0 saturated carbocycles. The van der Waals surface area contributed by atoms with Crippen molar-refractivity contribution in [3.63, 3.8) is 0 Å². The first-order valence-electron chi connectivity index (χ1n) is 10.3. The molecule has 3 N–H and O–H groups in total. The van der Waals surface area contributed by atoms with Gasteiger partial charge in [-0.3, -0.25) is 9.20 Å². The summed E-state index contributed by atoms with van der Waals surface area (Å²) in [6.45, 7) is 5.10. The molecular weight excluding hydrogens is 472 g/mol. The number of aliphatic hydroxyl groups excluding tert-OH is 1. The highest BCUT2D eigenvalue weighted by molar-refractivity contribution is 7.22. The predicted molar refractivity (Wildman–Crippen MR) is 135 cm³/mol. The Balaban J connectivity index is 1.39. The number of benzene rings is 2. The van der Waals surface area contributed by atoms with E-state index >= 15 is 0 Å². The third-order valence-corrected chi connectivity index (χ3v) is 6.44. The van der Waals surface area contributed by atoms with Gasteiger partial charge in [0.15, 0.2) is 16.6 Å². The van der Waals surface area contributed by atoms with Crippen LogP contribution in [0.2, 0.25) is 5.02 Å². The molecule has 5 rings (SSSR count). The zero-order chi connectivity index (χ0) is 23.8. The average molecular weight is 491 g/mol. The van der Waals surface area contributed by atoms with Crippen molar-refractivity contribution in [3.8, 4) is 11.4 Å². The van der Waals surface area contributed by atoms with Crippen LogP contribution in [0.15, 0.2) is 73.1 Å². The molecule has 3 heterocycles. The van der Waals surface area contributed by atoms with E-state index in [-0.39, 0.29) is 11.7 Å². The van der Waals surface area contributed by atoms with Crippen LogP contribution in [0.3, 0.4) is 0 Å². The highest BCUT2D eigenvalue weighted by Gasteiger charge is 2.18. The van der Waals surface area contributed by atoms with Gasteiger partial charge in [0.05, 0.1) is 21.8 Å². The summed E-state index contributed by atoms with van der Waals surface area (Å²) in [5, 5.41) is 25.5. The lowest BCUT2D eigenvalue weighted by Crippen LogP contribution is -2.34. The minimum Gasteiger partial charge on any atom is -0.511 e. The number of rotatable bonds is 6. The van der Waals surface area contributed by atoms with E-state index in [1.807, 2.05) is 42.5 Å². The number of thiazole rings is 1. The number of hydrogen-bond acceptors (Lipinski definition) is 7. The molecule has 0 radical (unpaired) electrons. The summed E-state index contributed by atoms with van der Waals surface area (Å²) in [6, 6.07) is 16.2. The Morgan fingerprint density at radius 2 is 1.97 bits per heavy atom. The van der Waals surface area contributed by atoms with Gasteiger partial charge in [-0.25, -0.2) is 4.98 Å². The minimum absolute atomic E-state index is 0.120. The van der Waals surface area contributed by atoms with Crippen LogP contribution in [-0.2, 0) is 0 Å². The van der Waals surface area contributed by atoms with Gasteiger partial charge in [-0.2, -0.15) is 0 Å². The number of fused-ring (bicyclic) bond motifs is 2. The molecule has 0 spiro atoms. The van der Waals surface area contributed by atoms with E-state index in [1.165, 1.54) is 11.3 Å². The first-order valence-corrected chi connectivity index (χ1v) is 11.5. The molecule has 1 atom stereocenters. The molecule has 1 amide bonds. The Kier molecular flexibility index (Phi) is 5.64. The largest absolute Gasteiger partial charge is 0.511 e. The maximum Gasteiger partial charge on any atom is 0.255 e. The van der Waals surface area contributed by atoms with Crippen LogP contribution in [-0.4, -0.2) is 36.6 Å². The molecule has 34 heavy (non-hydrogen) atoms. The van der Waals surface area contributed by atoms with Gasteiger partial charge in [0, 0.05) is 22.5 Å². The lowest BCUT2D eigenvalue weighted by molar-refractivity contribution is 0.0938. The SMILES string of the molecule is C=C(O)[C@H](C)NC(=O)c1cccn2c(-c3ccc(Nc4nc5ccc(Cl)cc5s4)cc3)nnc12. The molecule has 0 aliphatic rings. The van der Waals surface area contributed by atoms with Crippen molar-refractivity contribution >= 4 is 55.5 Å². The Labute approximate surface area is 203 Å². The van der Waals surface area contributed by atoms with Gasteiger partial charge in [-0.15, -0.1) is 10.2 Å². The minimum atomic E-state index is -0.581. The van der Waals surface area contributed by atoms with Gasteiger partial charge in [0.1, 0.15) is 5.76 Å². The van der Waals surface area contributed by atoms with Crippen LogP contribution in [0, 0.1) is 0 Å². The molecule has 170 valence electrons. The number of aromatic nitrogens is 4. The van der Waals surface area contributed by atoms with E-state index in [1.54, 1.807) is 29.7 Å². The van der Waals surface area contributed by atoms with Gasteiger partial charge in [-0.1, -0.05) is 29.5 Å². The Morgan fingerprint density at radius 1 is 1.18 bits per heavy atom. The normalized spacial score (nSPS) is 12.1. The molecule has 0 aliphatic heterocycles. The summed E-state index contributed by atoms with van der Waals surface area (Å²) in [5.74, 6) is 0.111. The number of nitrogens with one attached hydrogen (secondary N) is 2. The maximum absolute atomic E-state index is 12.7. The molecule has 5 aromatic rings. The van der Waals surface area contributed by atoms with Crippen LogP contribution in [0.1, 0.15) is 17.3 Å². The lowest BCUT2D eigenvalue weighted by Gasteiger charge is -2.12. The molecule has 2 aromatic carbocycles. The predicted octanol–water partition coefficient (Wildman–Crippen LogP) is 5.59. The van der Waals surface area contributed by atoms with E-state index in [0.29, 0.717) is 22.1 Å². The average Bonchev–Trinajstić information content (AvgIpc) is 3.42. The van der Waals surface area contributed by atoms with Crippen molar-refractivity contribution in [1.82, 2.24) is 24.9 Å². The van der Waals surface area contributed by atoms with Gasteiger partial charge < -0.3 is 15.7 Å². The Morgan fingerprint density at radius 3 is 2.74 bits per heavy atom.